The van der Waals surface area contributed by atoms with Crippen LogP contribution in [0.4, 0.5) is 0 Å². The topological polar surface area (TPSA) is 12.0 Å². The van der Waals surface area contributed by atoms with E-state index in [0.717, 1.165) is 17.3 Å². The van der Waals surface area contributed by atoms with Crippen molar-refractivity contribution >= 4 is 22.9 Å². The van der Waals surface area contributed by atoms with Crippen molar-refractivity contribution in [2.45, 2.75) is 26.3 Å². The highest BCUT2D eigenvalue weighted by molar-refractivity contribution is 7.16. The molecule has 1 aromatic carbocycles. The molecule has 0 saturated carbocycles. The number of aryl methyl sites for hydroxylation is 1. The zero-order valence-corrected chi connectivity index (χ0v) is 12.3. The van der Waals surface area contributed by atoms with Crippen LogP contribution in [0.3, 0.4) is 0 Å². The van der Waals surface area contributed by atoms with E-state index >= 15 is 0 Å². The number of thiophene rings is 1. The molecule has 0 bridgehead atoms. The minimum atomic E-state index is 0.355. The zero-order valence-electron chi connectivity index (χ0n) is 10.7. The molecule has 0 amide bonds. The Labute approximate surface area is 118 Å². The highest BCUT2D eigenvalue weighted by atomic mass is 35.5. The molecule has 0 aliphatic carbocycles. The van der Waals surface area contributed by atoms with Crippen LogP contribution in [-0.4, -0.2) is 6.54 Å². The van der Waals surface area contributed by atoms with Gasteiger partial charge in [-0.25, -0.2) is 0 Å². The Morgan fingerprint density at radius 2 is 2.00 bits per heavy atom. The number of nitrogens with one attached hydrogen (secondary N) is 1. The Bertz CT molecular complexity index is 473. The lowest BCUT2D eigenvalue weighted by atomic mass is 10.0. The molecule has 1 unspecified atom stereocenters. The Balaban J connectivity index is 2.18. The molecule has 18 heavy (non-hydrogen) atoms. The van der Waals surface area contributed by atoms with Crippen LogP contribution in [0.15, 0.2) is 36.4 Å². The van der Waals surface area contributed by atoms with E-state index in [0.29, 0.717) is 6.04 Å². The van der Waals surface area contributed by atoms with Gasteiger partial charge in [0.15, 0.2) is 0 Å². The molecule has 0 fully saturated rings. The summed E-state index contributed by atoms with van der Waals surface area (Å²) in [5.74, 6) is 0. The predicted molar refractivity (Wildman–Crippen MR) is 80.6 cm³/mol. The smallest absolute Gasteiger partial charge is 0.0960 e. The largest absolute Gasteiger partial charge is 0.309 e. The van der Waals surface area contributed by atoms with Gasteiger partial charge in [-0.15, -0.1) is 11.3 Å². The van der Waals surface area contributed by atoms with E-state index in [1.165, 1.54) is 16.0 Å². The molecule has 96 valence electrons. The van der Waals surface area contributed by atoms with Crippen molar-refractivity contribution in [3.05, 3.63) is 56.7 Å². The Morgan fingerprint density at radius 3 is 2.56 bits per heavy atom. The lowest BCUT2D eigenvalue weighted by molar-refractivity contribution is 0.558. The van der Waals surface area contributed by atoms with E-state index in [4.69, 9.17) is 11.6 Å². The molecule has 2 aromatic rings. The molecule has 0 saturated heterocycles. The summed E-state index contributed by atoms with van der Waals surface area (Å²) in [6, 6.07) is 13.1. The molecular formula is C15H18ClNS. The van der Waals surface area contributed by atoms with Crippen LogP contribution in [0.25, 0.3) is 0 Å². The fourth-order valence-electron chi connectivity index (χ4n) is 2.02. The second-order valence-corrected chi connectivity index (χ2v) is 6.09. The summed E-state index contributed by atoms with van der Waals surface area (Å²) < 4.78 is 0.904. The summed E-state index contributed by atoms with van der Waals surface area (Å²) in [4.78, 5) is 1.32. The maximum atomic E-state index is 6.17. The SMILES string of the molecule is CCNC(Cc1ccccc1)c1cc(C)c(Cl)s1. The second kappa shape index (κ2) is 6.37. The molecule has 1 N–H and O–H groups in total. The van der Waals surface area contributed by atoms with Crippen LogP contribution in [0.2, 0.25) is 4.34 Å². The van der Waals surface area contributed by atoms with Crippen molar-refractivity contribution < 1.29 is 0 Å². The number of hydrogen-bond donors (Lipinski definition) is 1. The van der Waals surface area contributed by atoms with Crippen molar-refractivity contribution in [3.63, 3.8) is 0 Å². The molecule has 0 aliphatic heterocycles. The number of benzene rings is 1. The molecule has 1 aromatic heterocycles. The molecular weight excluding hydrogens is 262 g/mol. The molecule has 3 heteroatoms. The summed E-state index contributed by atoms with van der Waals surface area (Å²) in [7, 11) is 0. The average molecular weight is 280 g/mol. The summed E-state index contributed by atoms with van der Waals surface area (Å²) >= 11 is 7.85. The normalized spacial score (nSPS) is 12.6. The molecule has 1 heterocycles. The number of likely N-dealkylation sites (N-methyl/N-ethyl adjacent to an activating group) is 1. The first-order valence-electron chi connectivity index (χ1n) is 6.24. The van der Waals surface area contributed by atoms with Crippen LogP contribution in [0.1, 0.15) is 29.0 Å². The summed E-state index contributed by atoms with van der Waals surface area (Å²) in [5, 5.41) is 3.54. The van der Waals surface area contributed by atoms with Crippen molar-refractivity contribution in [1.29, 1.82) is 0 Å². The van der Waals surface area contributed by atoms with Gasteiger partial charge in [0.2, 0.25) is 0 Å². The predicted octanol–water partition coefficient (Wildman–Crippen LogP) is 4.60. The van der Waals surface area contributed by atoms with Gasteiger partial charge in [-0.2, -0.15) is 0 Å². The zero-order chi connectivity index (χ0) is 13.0. The third-order valence-electron chi connectivity index (χ3n) is 2.95. The standard InChI is InChI=1S/C15H18ClNS/c1-3-17-13(10-12-7-5-4-6-8-12)14-9-11(2)15(16)18-14/h4-9,13,17H,3,10H2,1-2H3. The number of hydrogen-bond acceptors (Lipinski definition) is 2. The fourth-order valence-corrected chi connectivity index (χ4v) is 3.32. The van der Waals surface area contributed by atoms with Crippen LogP contribution >= 0.6 is 22.9 Å². The monoisotopic (exact) mass is 279 g/mol. The van der Waals surface area contributed by atoms with E-state index in [2.05, 4.69) is 55.6 Å². The summed E-state index contributed by atoms with van der Waals surface area (Å²) in [6.45, 7) is 5.17. The maximum absolute atomic E-state index is 6.17. The highest BCUT2D eigenvalue weighted by Gasteiger charge is 2.15. The van der Waals surface area contributed by atoms with Gasteiger partial charge in [-0.3, -0.25) is 0 Å². The Kier molecular flexibility index (Phi) is 4.81. The van der Waals surface area contributed by atoms with Gasteiger partial charge in [-0.05, 0) is 37.1 Å². The van der Waals surface area contributed by atoms with Crippen molar-refractivity contribution in [2.24, 2.45) is 0 Å². The Hall–Kier alpha value is -0.830. The first-order valence-corrected chi connectivity index (χ1v) is 7.43. The van der Waals surface area contributed by atoms with Gasteiger partial charge in [-0.1, -0.05) is 48.9 Å². The van der Waals surface area contributed by atoms with Gasteiger partial charge in [0.05, 0.1) is 4.34 Å². The third kappa shape index (κ3) is 3.35. The van der Waals surface area contributed by atoms with Gasteiger partial charge < -0.3 is 5.32 Å². The van der Waals surface area contributed by atoms with Gasteiger partial charge >= 0.3 is 0 Å². The van der Waals surface area contributed by atoms with Crippen LogP contribution in [0.5, 0.6) is 0 Å². The molecule has 1 atom stereocenters. The lowest BCUT2D eigenvalue weighted by Crippen LogP contribution is -2.22. The van der Waals surface area contributed by atoms with E-state index < -0.39 is 0 Å². The second-order valence-electron chi connectivity index (χ2n) is 4.41. The fraction of sp³-hybridized carbons (Fsp3) is 0.333. The van der Waals surface area contributed by atoms with Gasteiger partial charge in [0.25, 0.3) is 0 Å². The van der Waals surface area contributed by atoms with E-state index in [-0.39, 0.29) is 0 Å². The minimum Gasteiger partial charge on any atom is -0.309 e. The molecule has 0 spiro atoms. The number of rotatable bonds is 5. The van der Waals surface area contributed by atoms with Gasteiger partial charge in [0.1, 0.15) is 0 Å². The van der Waals surface area contributed by atoms with Crippen molar-refractivity contribution in [3.8, 4) is 0 Å². The summed E-state index contributed by atoms with van der Waals surface area (Å²) in [6.07, 6.45) is 1.00. The average Bonchev–Trinajstić information content (AvgIpc) is 2.70. The third-order valence-corrected chi connectivity index (χ3v) is 4.62. The summed E-state index contributed by atoms with van der Waals surface area (Å²) in [5.41, 5.74) is 2.53. The molecule has 0 radical (unpaired) electrons. The van der Waals surface area contributed by atoms with E-state index in [1.807, 2.05) is 0 Å². The lowest BCUT2D eigenvalue weighted by Gasteiger charge is -2.16. The van der Waals surface area contributed by atoms with Gasteiger partial charge in [0, 0.05) is 10.9 Å². The Morgan fingerprint density at radius 1 is 1.28 bits per heavy atom. The van der Waals surface area contributed by atoms with Crippen molar-refractivity contribution in [1.82, 2.24) is 5.32 Å². The quantitative estimate of drug-likeness (QED) is 0.843. The highest BCUT2D eigenvalue weighted by Crippen LogP contribution is 2.32. The van der Waals surface area contributed by atoms with E-state index in [1.54, 1.807) is 11.3 Å². The minimum absolute atomic E-state index is 0.355. The van der Waals surface area contributed by atoms with E-state index in [9.17, 15) is 0 Å². The molecule has 1 nitrogen and oxygen atoms in total. The van der Waals surface area contributed by atoms with Crippen LogP contribution in [0, 0.1) is 6.92 Å². The van der Waals surface area contributed by atoms with Crippen molar-refractivity contribution in [2.75, 3.05) is 6.54 Å². The maximum Gasteiger partial charge on any atom is 0.0960 e. The van der Waals surface area contributed by atoms with Crippen LogP contribution < -0.4 is 5.32 Å². The van der Waals surface area contributed by atoms with Crippen LogP contribution in [-0.2, 0) is 6.42 Å². The molecule has 2 rings (SSSR count). The molecule has 0 aliphatic rings. The first-order chi connectivity index (χ1) is 8.70. The first kappa shape index (κ1) is 13.6. The number of halogens is 1.